The molecule has 0 aromatic carbocycles. The topological polar surface area (TPSA) is 0 Å². The van der Waals surface area contributed by atoms with Crippen LogP contribution in [0.2, 0.25) is 0 Å². The van der Waals surface area contributed by atoms with E-state index >= 15 is 0 Å². The lowest BCUT2D eigenvalue weighted by Gasteiger charge is -2.08. The molecular formula is C14H27Br. The molecule has 0 saturated heterocycles. The highest BCUT2D eigenvalue weighted by molar-refractivity contribution is 9.09. The van der Waals surface area contributed by atoms with E-state index in [2.05, 4.69) is 22.9 Å². The van der Waals surface area contributed by atoms with Crippen LogP contribution in [-0.4, -0.2) is 4.83 Å². The van der Waals surface area contributed by atoms with Crippen molar-refractivity contribution in [1.29, 1.82) is 0 Å². The zero-order valence-electron chi connectivity index (χ0n) is 10.3. The number of hydrogen-bond acceptors (Lipinski definition) is 0. The van der Waals surface area contributed by atoms with E-state index in [4.69, 9.17) is 0 Å². The fraction of sp³-hybridized carbons (Fsp3) is 1.00. The van der Waals surface area contributed by atoms with Crippen LogP contribution < -0.4 is 0 Å². The molecule has 0 heterocycles. The Labute approximate surface area is 104 Å². The van der Waals surface area contributed by atoms with Gasteiger partial charge in [0.25, 0.3) is 0 Å². The molecule has 0 aromatic heterocycles. The molecule has 1 heteroatoms. The van der Waals surface area contributed by atoms with Crippen molar-refractivity contribution < 1.29 is 0 Å². The smallest absolute Gasteiger partial charge is 0.0148 e. The second-order valence-corrected chi connectivity index (χ2v) is 6.48. The lowest BCUT2D eigenvalue weighted by Crippen LogP contribution is -1.95. The number of rotatable bonds is 8. The van der Waals surface area contributed by atoms with Gasteiger partial charge in [-0.15, -0.1) is 0 Å². The van der Waals surface area contributed by atoms with Gasteiger partial charge in [-0.25, -0.2) is 0 Å². The highest BCUT2D eigenvalue weighted by Gasteiger charge is 2.21. The number of halogens is 1. The molecule has 0 aliphatic heterocycles. The van der Waals surface area contributed by atoms with E-state index in [0.29, 0.717) is 0 Å². The van der Waals surface area contributed by atoms with Crippen LogP contribution in [0.25, 0.3) is 0 Å². The third kappa shape index (κ3) is 6.60. The van der Waals surface area contributed by atoms with E-state index in [1.807, 2.05) is 0 Å². The van der Waals surface area contributed by atoms with Crippen LogP contribution in [0.4, 0.5) is 0 Å². The van der Waals surface area contributed by atoms with Gasteiger partial charge in [0.15, 0.2) is 0 Å². The Bertz CT molecular complexity index is 144. The van der Waals surface area contributed by atoms with Gasteiger partial charge in [0, 0.05) is 4.83 Å². The standard InChI is InChI=1S/C14H27Br/c1-2-3-4-5-6-7-8-9-13-10-11-14(15)12-13/h13-14H,2-12H2,1H3. The number of unbranched alkanes of at least 4 members (excludes halogenated alkanes) is 6. The summed E-state index contributed by atoms with van der Waals surface area (Å²) in [6, 6.07) is 0. The second kappa shape index (κ2) is 8.61. The Balaban J connectivity index is 1.81. The van der Waals surface area contributed by atoms with Crippen LogP contribution in [0.1, 0.15) is 77.6 Å². The summed E-state index contributed by atoms with van der Waals surface area (Å²) in [4.78, 5) is 0.840. The van der Waals surface area contributed by atoms with Gasteiger partial charge < -0.3 is 0 Å². The highest BCUT2D eigenvalue weighted by atomic mass is 79.9. The van der Waals surface area contributed by atoms with Crippen molar-refractivity contribution in [2.75, 3.05) is 0 Å². The van der Waals surface area contributed by atoms with Crippen molar-refractivity contribution >= 4 is 15.9 Å². The maximum absolute atomic E-state index is 3.73. The van der Waals surface area contributed by atoms with Gasteiger partial charge in [-0.05, 0) is 25.2 Å². The molecule has 1 fully saturated rings. The molecule has 0 radical (unpaired) electrons. The maximum atomic E-state index is 3.73. The molecule has 0 N–H and O–H groups in total. The van der Waals surface area contributed by atoms with Crippen molar-refractivity contribution in [3.05, 3.63) is 0 Å². The molecule has 1 rings (SSSR count). The molecule has 0 amide bonds. The predicted octanol–water partition coefficient (Wildman–Crippen LogP) is 5.69. The number of hydrogen-bond donors (Lipinski definition) is 0. The van der Waals surface area contributed by atoms with Crippen LogP contribution in [0, 0.1) is 5.92 Å². The van der Waals surface area contributed by atoms with Crippen LogP contribution >= 0.6 is 15.9 Å². The summed E-state index contributed by atoms with van der Waals surface area (Å²) in [5, 5.41) is 0. The fourth-order valence-corrected chi connectivity index (χ4v) is 3.46. The van der Waals surface area contributed by atoms with E-state index in [1.165, 1.54) is 70.6 Å². The van der Waals surface area contributed by atoms with E-state index in [-0.39, 0.29) is 0 Å². The molecular weight excluding hydrogens is 248 g/mol. The molecule has 0 bridgehead atoms. The first-order valence-electron chi connectivity index (χ1n) is 6.97. The first kappa shape index (κ1) is 13.5. The van der Waals surface area contributed by atoms with Crippen molar-refractivity contribution in [2.45, 2.75) is 82.4 Å². The van der Waals surface area contributed by atoms with E-state index < -0.39 is 0 Å². The van der Waals surface area contributed by atoms with Gasteiger partial charge in [0.1, 0.15) is 0 Å². The van der Waals surface area contributed by atoms with Crippen LogP contribution in [0.15, 0.2) is 0 Å². The van der Waals surface area contributed by atoms with E-state index in [9.17, 15) is 0 Å². The zero-order valence-corrected chi connectivity index (χ0v) is 11.9. The Kier molecular flexibility index (Phi) is 7.78. The Morgan fingerprint density at radius 2 is 1.60 bits per heavy atom. The van der Waals surface area contributed by atoms with Crippen molar-refractivity contribution in [3.8, 4) is 0 Å². The van der Waals surface area contributed by atoms with Crippen molar-refractivity contribution in [1.82, 2.24) is 0 Å². The first-order valence-corrected chi connectivity index (χ1v) is 7.88. The molecule has 0 nitrogen and oxygen atoms in total. The Morgan fingerprint density at radius 1 is 0.933 bits per heavy atom. The summed E-state index contributed by atoms with van der Waals surface area (Å²) in [5.74, 6) is 1.05. The SMILES string of the molecule is CCCCCCCCCC1CCC(Br)C1. The monoisotopic (exact) mass is 274 g/mol. The minimum Gasteiger partial charge on any atom is -0.0891 e. The van der Waals surface area contributed by atoms with Gasteiger partial charge in [-0.3, -0.25) is 0 Å². The normalized spacial score (nSPS) is 26.0. The molecule has 2 atom stereocenters. The van der Waals surface area contributed by atoms with Gasteiger partial charge in [0.05, 0.1) is 0 Å². The quantitative estimate of drug-likeness (QED) is 0.394. The number of alkyl halides is 1. The minimum absolute atomic E-state index is 0.840. The van der Waals surface area contributed by atoms with Gasteiger partial charge in [-0.2, -0.15) is 0 Å². The molecule has 0 spiro atoms. The average molecular weight is 275 g/mol. The summed E-state index contributed by atoms with van der Waals surface area (Å²) in [5.41, 5.74) is 0. The van der Waals surface area contributed by atoms with Gasteiger partial charge >= 0.3 is 0 Å². The predicted molar refractivity (Wildman–Crippen MR) is 72.7 cm³/mol. The Morgan fingerprint density at radius 3 is 2.20 bits per heavy atom. The molecule has 1 saturated carbocycles. The third-order valence-electron chi connectivity index (χ3n) is 3.69. The van der Waals surface area contributed by atoms with Crippen molar-refractivity contribution in [2.24, 2.45) is 5.92 Å². The lowest BCUT2D eigenvalue weighted by molar-refractivity contribution is 0.462. The molecule has 90 valence electrons. The molecule has 0 aromatic rings. The van der Waals surface area contributed by atoms with Gasteiger partial charge in [0.2, 0.25) is 0 Å². The third-order valence-corrected chi connectivity index (χ3v) is 4.52. The summed E-state index contributed by atoms with van der Waals surface area (Å²) in [6.45, 7) is 2.29. The minimum atomic E-state index is 0.840. The van der Waals surface area contributed by atoms with Crippen LogP contribution in [-0.2, 0) is 0 Å². The molecule has 2 unspecified atom stereocenters. The summed E-state index contributed by atoms with van der Waals surface area (Å²) in [6.07, 6.45) is 16.0. The zero-order chi connectivity index (χ0) is 10.9. The maximum Gasteiger partial charge on any atom is 0.0148 e. The summed E-state index contributed by atoms with van der Waals surface area (Å²) in [7, 11) is 0. The summed E-state index contributed by atoms with van der Waals surface area (Å²) >= 11 is 3.73. The van der Waals surface area contributed by atoms with Gasteiger partial charge in [-0.1, -0.05) is 74.2 Å². The van der Waals surface area contributed by atoms with Crippen LogP contribution in [0.3, 0.4) is 0 Å². The van der Waals surface area contributed by atoms with E-state index in [1.54, 1.807) is 0 Å². The van der Waals surface area contributed by atoms with Crippen LogP contribution in [0.5, 0.6) is 0 Å². The average Bonchev–Trinajstić information content (AvgIpc) is 2.63. The molecule has 1 aliphatic carbocycles. The largest absolute Gasteiger partial charge is 0.0891 e. The fourth-order valence-electron chi connectivity index (χ4n) is 2.67. The van der Waals surface area contributed by atoms with E-state index in [0.717, 1.165) is 10.7 Å². The molecule has 15 heavy (non-hydrogen) atoms. The summed E-state index contributed by atoms with van der Waals surface area (Å²) < 4.78 is 0. The van der Waals surface area contributed by atoms with Crippen molar-refractivity contribution in [3.63, 3.8) is 0 Å². The molecule has 1 aliphatic rings. The second-order valence-electron chi connectivity index (χ2n) is 5.19. The highest BCUT2D eigenvalue weighted by Crippen LogP contribution is 2.33. The lowest BCUT2D eigenvalue weighted by atomic mass is 9.99. The Hall–Kier alpha value is 0.480. The first-order chi connectivity index (χ1) is 7.33.